The number of hydrogen-bond acceptors (Lipinski definition) is 5. The quantitative estimate of drug-likeness (QED) is 0.785. The second-order valence-electron chi connectivity index (χ2n) is 6.20. The lowest BCUT2D eigenvalue weighted by Crippen LogP contribution is -2.27. The molecule has 0 saturated heterocycles. The van der Waals surface area contributed by atoms with Gasteiger partial charge in [0.25, 0.3) is 0 Å². The maximum atomic E-state index is 12.7. The number of methoxy groups -OCH3 is 2. The average Bonchev–Trinajstić information content (AvgIpc) is 3.01. The maximum absolute atomic E-state index is 12.7. The molecule has 0 heterocycles. The third kappa shape index (κ3) is 3.45. The number of ketones is 1. The molecule has 7 heteroatoms. The van der Waals surface area contributed by atoms with Crippen molar-refractivity contribution in [1.29, 1.82) is 0 Å². The lowest BCUT2D eigenvalue weighted by molar-refractivity contribution is 0.101. The van der Waals surface area contributed by atoms with Crippen LogP contribution in [0.25, 0.3) is 0 Å². The summed E-state index contributed by atoms with van der Waals surface area (Å²) in [6.07, 6.45) is 1.42. The second kappa shape index (κ2) is 7.09. The Morgan fingerprint density at radius 2 is 1.69 bits per heavy atom. The van der Waals surface area contributed by atoms with Gasteiger partial charge in [-0.15, -0.1) is 0 Å². The summed E-state index contributed by atoms with van der Waals surface area (Å²) in [5.74, 6) is 1.10. The van der Waals surface area contributed by atoms with E-state index in [1.165, 1.54) is 31.2 Å². The molecule has 1 atom stereocenters. The van der Waals surface area contributed by atoms with Crippen LogP contribution < -0.4 is 14.2 Å². The number of carbonyl (C=O) groups is 1. The Labute approximate surface area is 153 Å². The summed E-state index contributed by atoms with van der Waals surface area (Å²) >= 11 is 0. The summed E-state index contributed by atoms with van der Waals surface area (Å²) in [6, 6.07) is 9.33. The van der Waals surface area contributed by atoms with Gasteiger partial charge in [0.1, 0.15) is 0 Å². The van der Waals surface area contributed by atoms with Crippen LogP contribution in [-0.2, 0) is 16.4 Å². The number of carbonyl (C=O) groups excluding carboxylic acids is 1. The highest BCUT2D eigenvalue weighted by Crippen LogP contribution is 2.39. The van der Waals surface area contributed by atoms with Crippen molar-refractivity contribution < 1.29 is 22.7 Å². The van der Waals surface area contributed by atoms with Gasteiger partial charge in [-0.25, -0.2) is 13.1 Å². The number of nitrogens with one attached hydrogen (secondary N) is 1. The molecule has 1 unspecified atom stereocenters. The van der Waals surface area contributed by atoms with Crippen molar-refractivity contribution in [1.82, 2.24) is 4.72 Å². The van der Waals surface area contributed by atoms with Gasteiger partial charge in [-0.05, 0) is 55.2 Å². The number of Topliss-reactive ketones (excluding diaryl/α,β-unsaturated/α-hetero) is 1. The molecule has 2 aromatic rings. The van der Waals surface area contributed by atoms with Gasteiger partial charge in [0.05, 0.1) is 19.1 Å². The Morgan fingerprint density at radius 3 is 2.27 bits per heavy atom. The standard InChI is InChI=1S/C19H21NO5S/c1-12(21)13-4-7-15(8-5-13)26(22,23)20-17-9-6-14-10-18(24-2)19(25-3)11-16(14)17/h4-5,7-8,10-11,17,20H,6,9H2,1-3H3. The normalized spacial score (nSPS) is 16.2. The van der Waals surface area contributed by atoms with E-state index in [1.807, 2.05) is 12.1 Å². The molecular weight excluding hydrogens is 354 g/mol. The molecule has 0 aliphatic heterocycles. The highest BCUT2D eigenvalue weighted by Gasteiger charge is 2.29. The Kier molecular flexibility index (Phi) is 5.02. The van der Waals surface area contributed by atoms with Crippen molar-refractivity contribution in [3.8, 4) is 11.5 Å². The molecule has 138 valence electrons. The van der Waals surface area contributed by atoms with Crippen LogP contribution in [0.3, 0.4) is 0 Å². The first-order chi connectivity index (χ1) is 12.4. The van der Waals surface area contributed by atoms with Crippen molar-refractivity contribution in [2.24, 2.45) is 0 Å². The van der Waals surface area contributed by atoms with Crippen molar-refractivity contribution in [3.05, 3.63) is 53.1 Å². The topological polar surface area (TPSA) is 81.7 Å². The largest absolute Gasteiger partial charge is 0.493 e. The second-order valence-corrected chi connectivity index (χ2v) is 7.91. The predicted molar refractivity (Wildman–Crippen MR) is 97.4 cm³/mol. The maximum Gasteiger partial charge on any atom is 0.241 e. The van der Waals surface area contributed by atoms with Gasteiger partial charge in [-0.3, -0.25) is 4.79 Å². The molecule has 0 fully saturated rings. The van der Waals surface area contributed by atoms with Crippen molar-refractivity contribution in [3.63, 3.8) is 0 Å². The van der Waals surface area contributed by atoms with E-state index in [2.05, 4.69) is 4.72 Å². The minimum Gasteiger partial charge on any atom is -0.493 e. The minimum atomic E-state index is -3.70. The number of benzene rings is 2. The van der Waals surface area contributed by atoms with Gasteiger partial charge in [-0.2, -0.15) is 0 Å². The number of ether oxygens (including phenoxy) is 2. The SMILES string of the molecule is COc1cc2c(cc1OC)C(NS(=O)(=O)c1ccc(C(C)=O)cc1)CC2. The molecule has 0 saturated carbocycles. The lowest BCUT2D eigenvalue weighted by atomic mass is 10.1. The summed E-state index contributed by atoms with van der Waals surface area (Å²) in [6.45, 7) is 1.44. The fourth-order valence-electron chi connectivity index (χ4n) is 3.18. The molecule has 26 heavy (non-hydrogen) atoms. The summed E-state index contributed by atoms with van der Waals surface area (Å²) in [7, 11) is -0.573. The van der Waals surface area contributed by atoms with E-state index in [4.69, 9.17) is 9.47 Å². The number of rotatable bonds is 6. The van der Waals surface area contributed by atoms with Crippen LogP contribution in [0.1, 0.15) is 40.9 Å². The van der Waals surface area contributed by atoms with E-state index in [0.29, 0.717) is 23.5 Å². The van der Waals surface area contributed by atoms with Crippen LogP contribution in [-0.4, -0.2) is 28.4 Å². The van der Waals surface area contributed by atoms with E-state index >= 15 is 0 Å². The molecule has 0 aromatic heterocycles. The smallest absolute Gasteiger partial charge is 0.241 e. The summed E-state index contributed by atoms with van der Waals surface area (Å²) in [4.78, 5) is 11.5. The Bertz CT molecular complexity index is 935. The first-order valence-corrected chi connectivity index (χ1v) is 9.72. The van der Waals surface area contributed by atoms with Gasteiger partial charge >= 0.3 is 0 Å². The highest BCUT2D eigenvalue weighted by atomic mass is 32.2. The van der Waals surface area contributed by atoms with Crippen LogP contribution in [0, 0.1) is 0 Å². The van der Waals surface area contributed by atoms with E-state index in [-0.39, 0.29) is 16.7 Å². The van der Waals surface area contributed by atoms with Crippen LogP contribution in [0.5, 0.6) is 11.5 Å². The van der Waals surface area contributed by atoms with Crippen LogP contribution >= 0.6 is 0 Å². The zero-order valence-electron chi connectivity index (χ0n) is 14.9. The van der Waals surface area contributed by atoms with Gasteiger partial charge in [0.15, 0.2) is 17.3 Å². The highest BCUT2D eigenvalue weighted by molar-refractivity contribution is 7.89. The molecule has 0 radical (unpaired) electrons. The van der Waals surface area contributed by atoms with Gasteiger partial charge in [0, 0.05) is 11.6 Å². The third-order valence-electron chi connectivity index (χ3n) is 4.59. The van der Waals surface area contributed by atoms with Gasteiger partial charge in [0.2, 0.25) is 10.0 Å². The van der Waals surface area contributed by atoms with E-state index in [1.54, 1.807) is 14.2 Å². The van der Waals surface area contributed by atoms with E-state index < -0.39 is 10.0 Å². The first kappa shape index (κ1) is 18.4. The molecule has 1 aliphatic rings. The van der Waals surface area contributed by atoms with Crippen molar-refractivity contribution >= 4 is 15.8 Å². The van der Waals surface area contributed by atoms with Crippen molar-refractivity contribution in [2.45, 2.75) is 30.7 Å². The van der Waals surface area contributed by atoms with E-state index in [9.17, 15) is 13.2 Å². The first-order valence-electron chi connectivity index (χ1n) is 8.24. The molecule has 0 spiro atoms. The fraction of sp³-hybridized carbons (Fsp3) is 0.316. The average molecular weight is 375 g/mol. The van der Waals surface area contributed by atoms with E-state index in [0.717, 1.165) is 17.5 Å². The zero-order valence-corrected chi connectivity index (χ0v) is 15.7. The molecule has 0 bridgehead atoms. The molecule has 0 amide bonds. The summed E-state index contributed by atoms with van der Waals surface area (Å²) in [5.41, 5.74) is 2.42. The zero-order chi connectivity index (χ0) is 18.9. The predicted octanol–water partition coefficient (Wildman–Crippen LogP) is 2.87. The van der Waals surface area contributed by atoms with Crippen LogP contribution in [0.4, 0.5) is 0 Å². The molecule has 2 aromatic carbocycles. The lowest BCUT2D eigenvalue weighted by Gasteiger charge is -2.16. The third-order valence-corrected chi connectivity index (χ3v) is 6.08. The molecule has 1 N–H and O–H groups in total. The number of hydrogen-bond donors (Lipinski definition) is 1. The fourth-order valence-corrected chi connectivity index (χ4v) is 4.43. The van der Waals surface area contributed by atoms with Crippen LogP contribution in [0.2, 0.25) is 0 Å². The molecule has 1 aliphatic carbocycles. The summed E-state index contributed by atoms with van der Waals surface area (Å²) < 4.78 is 38.8. The number of aryl methyl sites for hydroxylation is 1. The molecule has 6 nitrogen and oxygen atoms in total. The van der Waals surface area contributed by atoms with Crippen molar-refractivity contribution in [2.75, 3.05) is 14.2 Å². The summed E-state index contributed by atoms with van der Waals surface area (Å²) in [5, 5.41) is 0. The Hall–Kier alpha value is -2.38. The number of fused-ring (bicyclic) bond motifs is 1. The molecule has 3 rings (SSSR count). The van der Waals surface area contributed by atoms with Gasteiger partial charge < -0.3 is 9.47 Å². The van der Waals surface area contributed by atoms with Crippen LogP contribution in [0.15, 0.2) is 41.3 Å². The Morgan fingerprint density at radius 1 is 1.08 bits per heavy atom. The monoisotopic (exact) mass is 375 g/mol. The number of sulfonamides is 1. The molecular formula is C19H21NO5S. The van der Waals surface area contributed by atoms with Gasteiger partial charge in [-0.1, -0.05) is 12.1 Å². The minimum absolute atomic E-state index is 0.104. The Balaban J connectivity index is 1.87.